The fourth-order valence-electron chi connectivity index (χ4n) is 2.24. The summed E-state index contributed by atoms with van der Waals surface area (Å²) in [5, 5.41) is 3.63. The van der Waals surface area contributed by atoms with Gasteiger partial charge >= 0.3 is 0 Å². The fourth-order valence-corrected chi connectivity index (χ4v) is 2.41. The van der Waals surface area contributed by atoms with Crippen molar-refractivity contribution in [2.24, 2.45) is 0 Å². The van der Waals surface area contributed by atoms with Gasteiger partial charge in [-0.3, -0.25) is 4.79 Å². The van der Waals surface area contributed by atoms with Crippen LogP contribution in [0, 0.1) is 6.92 Å². The Balaban J connectivity index is 2.01. The average Bonchev–Trinajstić information content (AvgIpc) is 2.44. The van der Waals surface area contributed by atoms with E-state index in [0.717, 1.165) is 37.6 Å². The number of nitrogens with one attached hydrogen (secondary N) is 2. The molecule has 1 heterocycles. The molecule has 1 aliphatic rings. The first-order valence-electron chi connectivity index (χ1n) is 6.58. The molecule has 1 saturated heterocycles. The molecule has 1 atom stereocenters. The Kier molecular flexibility index (Phi) is 4.80. The van der Waals surface area contributed by atoms with Crippen LogP contribution in [-0.2, 0) is 9.53 Å². The van der Waals surface area contributed by atoms with Crippen molar-refractivity contribution in [3.8, 4) is 0 Å². The van der Waals surface area contributed by atoms with Gasteiger partial charge in [-0.1, -0.05) is 17.7 Å². The number of hydrogen-bond acceptors (Lipinski definition) is 2. The maximum Gasteiger partial charge on any atom is 0.282 e. The van der Waals surface area contributed by atoms with E-state index in [1.165, 1.54) is 4.90 Å². The summed E-state index contributed by atoms with van der Waals surface area (Å²) in [5.41, 5.74) is 1.69. The van der Waals surface area contributed by atoms with E-state index < -0.39 is 0 Å². The van der Waals surface area contributed by atoms with Crippen LogP contribution >= 0.6 is 11.6 Å². The first-order chi connectivity index (χ1) is 9.09. The van der Waals surface area contributed by atoms with Crippen LogP contribution in [0.4, 0.5) is 5.69 Å². The normalized spacial score (nSPS) is 18.1. The second-order valence-corrected chi connectivity index (χ2v) is 5.30. The molecule has 2 N–H and O–H groups in total. The van der Waals surface area contributed by atoms with Crippen LogP contribution in [0.5, 0.6) is 0 Å². The van der Waals surface area contributed by atoms with E-state index in [1.54, 1.807) is 0 Å². The van der Waals surface area contributed by atoms with Gasteiger partial charge in [0.05, 0.1) is 13.2 Å². The third-order valence-electron chi connectivity index (χ3n) is 3.67. The number of anilines is 1. The van der Waals surface area contributed by atoms with Crippen LogP contribution in [-0.4, -0.2) is 38.3 Å². The van der Waals surface area contributed by atoms with E-state index in [-0.39, 0.29) is 11.9 Å². The lowest BCUT2D eigenvalue weighted by atomic mass is 10.2. The van der Waals surface area contributed by atoms with Crippen LogP contribution < -0.4 is 10.2 Å². The number of amides is 1. The average molecular weight is 284 g/mol. The van der Waals surface area contributed by atoms with Gasteiger partial charge in [-0.05, 0) is 31.5 Å². The molecule has 0 radical (unpaired) electrons. The number of morpholine rings is 1. The highest BCUT2D eigenvalue weighted by molar-refractivity contribution is 6.31. The second kappa shape index (κ2) is 6.37. The number of carbonyl (C=O) groups is 1. The molecule has 1 aromatic carbocycles. The quantitative estimate of drug-likeness (QED) is 0.865. The summed E-state index contributed by atoms with van der Waals surface area (Å²) in [6, 6.07) is 5.46. The van der Waals surface area contributed by atoms with E-state index in [2.05, 4.69) is 5.32 Å². The molecular weight excluding hydrogens is 264 g/mol. The summed E-state index contributed by atoms with van der Waals surface area (Å²) < 4.78 is 5.31. The minimum absolute atomic E-state index is 0.0299. The molecule has 0 saturated carbocycles. The predicted molar refractivity (Wildman–Crippen MR) is 75.8 cm³/mol. The Hall–Kier alpha value is -1.10. The lowest BCUT2D eigenvalue weighted by Crippen LogP contribution is -3.18. The molecule has 0 bridgehead atoms. The van der Waals surface area contributed by atoms with Crippen molar-refractivity contribution in [2.45, 2.75) is 19.9 Å². The molecule has 2 rings (SSSR count). The van der Waals surface area contributed by atoms with Crippen molar-refractivity contribution in [3.05, 3.63) is 28.8 Å². The van der Waals surface area contributed by atoms with E-state index >= 15 is 0 Å². The zero-order valence-electron chi connectivity index (χ0n) is 11.3. The minimum atomic E-state index is -0.0812. The molecule has 5 heteroatoms. The van der Waals surface area contributed by atoms with Crippen LogP contribution in [0.15, 0.2) is 18.2 Å². The van der Waals surface area contributed by atoms with Gasteiger partial charge in [-0.25, -0.2) is 0 Å². The number of hydrogen-bond donors (Lipinski definition) is 2. The molecule has 1 aromatic rings. The van der Waals surface area contributed by atoms with Crippen molar-refractivity contribution in [1.82, 2.24) is 0 Å². The SMILES string of the molecule is Cc1c(Cl)cccc1NC(=O)[C@H](C)[NH+]1CCOCC1. The van der Waals surface area contributed by atoms with E-state index in [1.807, 2.05) is 32.0 Å². The lowest BCUT2D eigenvalue weighted by Gasteiger charge is -2.28. The minimum Gasteiger partial charge on any atom is -0.370 e. The molecule has 104 valence electrons. The topological polar surface area (TPSA) is 42.8 Å². The van der Waals surface area contributed by atoms with Crippen molar-refractivity contribution in [1.29, 1.82) is 0 Å². The number of ether oxygens (including phenoxy) is 1. The van der Waals surface area contributed by atoms with Gasteiger partial charge in [0.25, 0.3) is 5.91 Å². The van der Waals surface area contributed by atoms with Crippen molar-refractivity contribution >= 4 is 23.2 Å². The maximum absolute atomic E-state index is 12.3. The van der Waals surface area contributed by atoms with E-state index in [4.69, 9.17) is 16.3 Å². The van der Waals surface area contributed by atoms with E-state index in [0.29, 0.717) is 5.02 Å². The van der Waals surface area contributed by atoms with Gasteiger partial charge in [0.2, 0.25) is 0 Å². The van der Waals surface area contributed by atoms with Gasteiger partial charge < -0.3 is 15.0 Å². The van der Waals surface area contributed by atoms with Crippen LogP contribution in [0.25, 0.3) is 0 Å². The highest BCUT2D eigenvalue weighted by Gasteiger charge is 2.27. The van der Waals surface area contributed by atoms with Crippen molar-refractivity contribution in [3.63, 3.8) is 0 Å². The van der Waals surface area contributed by atoms with Gasteiger partial charge in [0, 0.05) is 10.7 Å². The molecule has 19 heavy (non-hydrogen) atoms. The summed E-state index contributed by atoms with van der Waals surface area (Å²) >= 11 is 6.05. The molecule has 1 amide bonds. The number of halogens is 1. The highest BCUT2D eigenvalue weighted by Crippen LogP contribution is 2.22. The monoisotopic (exact) mass is 283 g/mol. The molecule has 0 spiro atoms. The van der Waals surface area contributed by atoms with Crippen molar-refractivity contribution < 1.29 is 14.4 Å². The second-order valence-electron chi connectivity index (χ2n) is 4.89. The van der Waals surface area contributed by atoms with Crippen molar-refractivity contribution in [2.75, 3.05) is 31.6 Å². The predicted octanol–water partition coefficient (Wildman–Crippen LogP) is 0.891. The standard InChI is InChI=1S/C14H19ClN2O2/c1-10-12(15)4-3-5-13(10)16-14(18)11(2)17-6-8-19-9-7-17/h3-5,11H,6-9H2,1-2H3,(H,16,18)/p+1/t11-/m0/s1. The summed E-state index contributed by atoms with van der Waals surface area (Å²) in [5.74, 6) is 0.0299. The smallest absolute Gasteiger partial charge is 0.282 e. The summed E-state index contributed by atoms with van der Waals surface area (Å²) in [6.07, 6.45) is 0. The Bertz CT molecular complexity index is 459. The molecule has 0 aliphatic carbocycles. The third kappa shape index (κ3) is 3.47. The zero-order chi connectivity index (χ0) is 13.8. The number of rotatable bonds is 3. The Morgan fingerprint density at radius 2 is 2.11 bits per heavy atom. The molecule has 0 aromatic heterocycles. The Morgan fingerprint density at radius 3 is 2.79 bits per heavy atom. The molecule has 0 unspecified atom stereocenters. The van der Waals surface area contributed by atoms with Crippen LogP contribution in [0.3, 0.4) is 0 Å². The summed E-state index contributed by atoms with van der Waals surface area (Å²) in [7, 11) is 0. The highest BCUT2D eigenvalue weighted by atomic mass is 35.5. The maximum atomic E-state index is 12.3. The summed E-state index contributed by atoms with van der Waals surface area (Å²) in [4.78, 5) is 13.5. The largest absolute Gasteiger partial charge is 0.370 e. The Morgan fingerprint density at radius 1 is 1.42 bits per heavy atom. The molecule has 1 fully saturated rings. The molecule has 4 nitrogen and oxygen atoms in total. The first kappa shape index (κ1) is 14.3. The fraction of sp³-hybridized carbons (Fsp3) is 0.500. The third-order valence-corrected chi connectivity index (χ3v) is 4.08. The van der Waals surface area contributed by atoms with E-state index in [9.17, 15) is 4.79 Å². The van der Waals surface area contributed by atoms with Gasteiger partial charge in [-0.2, -0.15) is 0 Å². The molecular formula is C14H20ClN2O2+. The van der Waals surface area contributed by atoms with Gasteiger partial charge in [0.1, 0.15) is 13.1 Å². The van der Waals surface area contributed by atoms with Gasteiger partial charge in [0.15, 0.2) is 6.04 Å². The number of quaternary nitrogens is 1. The molecule has 1 aliphatic heterocycles. The van der Waals surface area contributed by atoms with Crippen LogP contribution in [0.1, 0.15) is 12.5 Å². The number of carbonyl (C=O) groups excluding carboxylic acids is 1. The lowest BCUT2D eigenvalue weighted by molar-refractivity contribution is -0.921. The Labute approximate surface area is 118 Å². The van der Waals surface area contributed by atoms with Gasteiger partial charge in [-0.15, -0.1) is 0 Å². The van der Waals surface area contributed by atoms with Crippen LogP contribution in [0.2, 0.25) is 5.02 Å². The summed E-state index contributed by atoms with van der Waals surface area (Å²) in [6.45, 7) is 7.07. The number of benzene rings is 1. The zero-order valence-corrected chi connectivity index (χ0v) is 12.1. The first-order valence-corrected chi connectivity index (χ1v) is 6.95.